The van der Waals surface area contributed by atoms with Gasteiger partial charge in [0.2, 0.25) is 0 Å². The first-order valence-corrected chi connectivity index (χ1v) is 33.1. The van der Waals surface area contributed by atoms with Crippen LogP contribution in [0.4, 0.5) is 69.2 Å². The average molecular weight is 1480 g/mol. The molecule has 25 nitrogen and oxygen atoms in total. The predicted octanol–water partition coefficient (Wildman–Crippen LogP) is 16.0. The topological polar surface area (TPSA) is 261 Å². The van der Waals surface area contributed by atoms with Crippen molar-refractivity contribution in [1.82, 2.24) is 29.9 Å². The van der Waals surface area contributed by atoms with E-state index < -0.39 is 49.9 Å². The van der Waals surface area contributed by atoms with Gasteiger partial charge in [0.05, 0.1) is 104 Å². The van der Waals surface area contributed by atoms with Crippen LogP contribution in [0.5, 0.6) is 63.2 Å². The van der Waals surface area contributed by atoms with E-state index in [1.54, 1.807) is 87.0 Å². The van der Waals surface area contributed by atoms with Gasteiger partial charge in [0, 0.05) is 71.5 Å². The van der Waals surface area contributed by atoms with Crippen molar-refractivity contribution in [2.75, 3.05) is 94.3 Å². The van der Waals surface area contributed by atoms with Crippen LogP contribution < -0.4 is 77.9 Å². The molecule has 0 radical (unpaired) electrons. The number of hydrogen-bond acceptors (Lipinski definition) is 25. The van der Waals surface area contributed by atoms with Crippen molar-refractivity contribution in [3.05, 3.63) is 189 Å². The van der Waals surface area contributed by atoms with E-state index in [1.165, 1.54) is 120 Å². The number of nitrogens with one attached hydrogen (secondary N) is 3. The molecule has 0 saturated heterocycles. The van der Waals surface area contributed by atoms with Crippen LogP contribution in [0.25, 0.3) is 0 Å². The van der Waals surface area contributed by atoms with E-state index in [0.717, 1.165) is 43.4 Å². The molecule has 12 rings (SSSR count). The molecule has 2 fully saturated rings. The molecule has 10 aromatic rings. The highest BCUT2D eigenvalue weighted by Crippen LogP contribution is 2.54. The number of benzene rings is 5. The Morgan fingerprint density at radius 3 is 1.70 bits per heavy atom. The number of oxazole rings is 3. The summed E-state index contributed by atoms with van der Waals surface area (Å²) >= 11 is 0. The van der Waals surface area contributed by atoms with Crippen LogP contribution in [0.3, 0.4) is 0 Å². The normalized spacial score (nSPS) is 14.0. The first-order valence-electron chi connectivity index (χ1n) is 33.1. The first-order chi connectivity index (χ1) is 51.3. The Morgan fingerprint density at radius 2 is 1.08 bits per heavy atom. The Morgan fingerprint density at radius 1 is 0.509 bits per heavy atom. The summed E-state index contributed by atoms with van der Waals surface area (Å²) in [6.45, 7) is -3.45. The van der Waals surface area contributed by atoms with Crippen molar-refractivity contribution in [2.24, 2.45) is 5.92 Å². The van der Waals surface area contributed by atoms with Gasteiger partial charge in [-0.2, -0.15) is 35.1 Å². The van der Waals surface area contributed by atoms with Crippen molar-refractivity contribution in [3.63, 3.8) is 0 Å². The van der Waals surface area contributed by atoms with Crippen molar-refractivity contribution in [3.8, 4) is 63.2 Å². The maximum atomic E-state index is 13.7. The molecular weight excluding hydrogens is 1410 g/mol. The number of alkyl halides is 8. The van der Waals surface area contributed by atoms with Gasteiger partial charge in [-0.05, 0) is 117 Å². The third kappa shape index (κ3) is 19.3. The molecule has 3 N–H and O–H groups in total. The van der Waals surface area contributed by atoms with Crippen LogP contribution in [-0.4, -0.2) is 123 Å². The van der Waals surface area contributed by atoms with Crippen LogP contribution >= 0.6 is 0 Å². The van der Waals surface area contributed by atoms with E-state index in [-0.39, 0.29) is 70.1 Å². The van der Waals surface area contributed by atoms with Gasteiger partial charge in [-0.25, -0.2) is 24.9 Å². The minimum Gasteiger partial charge on any atom is -0.495 e. The quantitative estimate of drug-likeness (QED) is 0.0243. The number of nitrogens with zero attached hydrogens (tertiary/aromatic N) is 8. The van der Waals surface area contributed by atoms with Gasteiger partial charge in [0.15, 0.2) is 108 Å². The maximum Gasteiger partial charge on any atom is 0.422 e. The fourth-order valence-electron chi connectivity index (χ4n) is 11.5. The summed E-state index contributed by atoms with van der Waals surface area (Å²) in [4.78, 5) is 29.9. The molecular formula is C73H75F8N11O14. The zero-order valence-corrected chi connectivity index (χ0v) is 58.1. The molecule has 106 heavy (non-hydrogen) atoms. The second-order valence-corrected chi connectivity index (χ2v) is 24.0. The molecule has 2 saturated carbocycles. The standard InChI is InChI=1S/C57H57F6N9O11.C16H18F2N2O3/c1-73-42-16-13-39(21-48(42)77-27-35-8-9-35)72(54(51-25-67-33-81-51)70-37-10-14-43(74-2)49(19-37)83-41-6-5-7-41)55(52-26-68-34-82-52,53(50-24-66-32-80-50)69-36-11-15-44(46(18-36)75-3)78-29-56(58,59)60)28-71(40-22-64-31-65-23-40)38-12-17-45(47(20-38)76-4)79-30-57(61,62)63;1-3-22-15-7-12(4-5-14(15)23-16(17)18)20-9-11-6-13(21-2)10-19-8-11/h10-26,31-35,41,53-54,69-70H,5-9,27-30H2,1-4H3;4-8,10,16,20H,3,9H2,1-2H3. The largest absolute Gasteiger partial charge is 0.495 e. The van der Waals surface area contributed by atoms with Crippen LogP contribution in [0.2, 0.25) is 0 Å². The molecule has 2 aliphatic rings. The lowest BCUT2D eigenvalue weighted by molar-refractivity contribution is -0.154. The number of halogens is 8. The first kappa shape index (κ1) is 75.4. The lowest BCUT2D eigenvalue weighted by Crippen LogP contribution is -2.60. The Labute approximate surface area is 603 Å². The summed E-state index contributed by atoms with van der Waals surface area (Å²) in [5.41, 5.74) is 1.44. The van der Waals surface area contributed by atoms with Gasteiger partial charge in [-0.1, -0.05) is 0 Å². The van der Waals surface area contributed by atoms with E-state index in [1.807, 2.05) is 11.0 Å². The number of ether oxygens (including phenoxy) is 11. The monoisotopic (exact) mass is 1480 g/mol. The van der Waals surface area contributed by atoms with Crippen LogP contribution in [0, 0.1) is 5.92 Å². The van der Waals surface area contributed by atoms with Gasteiger partial charge < -0.3 is 91.1 Å². The van der Waals surface area contributed by atoms with Gasteiger partial charge in [-0.3, -0.25) is 4.98 Å². The number of pyridine rings is 1. The van der Waals surface area contributed by atoms with Gasteiger partial charge in [0.25, 0.3) is 0 Å². The number of hydrogen-bond donors (Lipinski definition) is 3. The number of aromatic nitrogens is 6. The second kappa shape index (κ2) is 34.7. The molecule has 2 aliphatic carbocycles. The van der Waals surface area contributed by atoms with Crippen LogP contribution in [-0.2, 0) is 12.1 Å². The fourth-order valence-corrected chi connectivity index (χ4v) is 11.5. The highest BCUT2D eigenvalue weighted by Gasteiger charge is 2.56. The summed E-state index contributed by atoms with van der Waals surface area (Å²) < 4.78 is 188. The molecule has 0 aliphatic heterocycles. The smallest absolute Gasteiger partial charge is 0.422 e. The molecule has 0 bridgehead atoms. The maximum absolute atomic E-state index is 13.7. The fraction of sp³-hybridized carbons (Fsp3) is 0.342. The Bertz CT molecular complexity index is 4390. The summed E-state index contributed by atoms with van der Waals surface area (Å²) in [7, 11) is 7.21. The van der Waals surface area contributed by atoms with Crippen molar-refractivity contribution in [1.29, 1.82) is 0 Å². The van der Waals surface area contributed by atoms with Gasteiger partial charge in [0.1, 0.15) is 29.4 Å². The summed E-state index contributed by atoms with van der Waals surface area (Å²) in [5, 5.41) is 10.5. The minimum absolute atomic E-state index is 0.00967. The van der Waals surface area contributed by atoms with E-state index in [9.17, 15) is 35.1 Å². The van der Waals surface area contributed by atoms with E-state index >= 15 is 0 Å². The van der Waals surface area contributed by atoms with Gasteiger partial charge in [-0.15, -0.1) is 0 Å². The van der Waals surface area contributed by atoms with Crippen molar-refractivity contribution < 1.29 is 100 Å². The molecule has 0 spiro atoms. The molecule has 5 heterocycles. The van der Waals surface area contributed by atoms with Crippen LogP contribution in [0.15, 0.2) is 179 Å². The van der Waals surface area contributed by atoms with Crippen LogP contribution in [0.1, 0.15) is 74.1 Å². The highest BCUT2D eigenvalue weighted by molar-refractivity contribution is 5.70. The van der Waals surface area contributed by atoms with Crippen molar-refractivity contribution in [2.45, 2.75) is 88.4 Å². The van der Waals surface area contributed by atoms with Crippen molar-refractivity contribution >= 4 is 34.1 Å². The Balaban J connectivity index is 0.000000415. The Kier molecular flexibility index (Phi) is 24.6. The average Bonchev–Trinajstić information content (AvgIpc) is 1.24. The molecule has 562 valence electrons. The zero-order valence-electron chi connectivity index (χ0n) is 58.1. The number of methoxy groups -OCH3 is 5. The number of anilines is 6. The molecule has 3 unspecified atom stereocenters. The minimum atomic E-state index is -4.68. The summed E-state index contributed by atoms with van der Waals surface area (Å²) in [5.74, 6) is 2.79. The second-order valence-electron chi connectivity index (χ2n) is 24.0. The van der Waals surface area contributed by atoms with E-state index in [4.69, 9.17) is 60.6 Å². The summed E-state index contributed by atoms with van der Waals surface area (Å²) in [6, 6.07) is 24.5. The zero-order chi connectivity index (χ0) is 74.8. The SMILES string of the molecule is CCOc1cc(NCc2cncc(OC)c2)ccc1OC(F)F.COc1ccc(N(C(Nc2ccc(OC)c(OC3CCC3)c2)c2cnco2)C(CN(c2cncnc2)c2ccc(OCC(F)(F)F)c(OC)c2)(c2cnco2)C(Nc2ccc(OCC(F)(F)F)c(OC)c2)c2cnco2)cc1OCC1CC1. The lowest BCUT2D eigenvalue weighted by atomic mass is 9.81. The molecule has 33 heteroatoms. The molecule has 5 aromatic carbocycles. The molecule has 5 aromatic heterocycles. The van der Waals surface area contributed by atoms with E-state index in [0.29, 0.717) is 77.2 Å². The number of rotatable bonds is 36. The molecule has 3 atom stereocenters. The Hall–Kier alpha value is -11.8. The summed E-state index contributed by atoms with van der Waals surface area (Å²) in [6.07, 6.45) is 9.89. The third-order valence-corrected chi connectivity index (χ3v) is 16.8. The van der Waals surface area contributed by atoms with E-state index in [2.05, 4.69) is 50.6 Å². The highest BCUT2D eigenvalue weighted by atomic mass is 19.4. The lowest BCUT2D eigenvalue weighted by Gasteiger charge is -2.52. The van der Waals surface area contributed by atoms with Gasteiger partial charge >= 0.3 is 19.0 Å². The predicted molar refractivity (Wildman–Crippen MR) is 369 cm³/mol. The third-order valence-electron chi connectivity index (χ3n) is 16.8. The molecule has 0 amide bonds.